The average molecular weight is 204 g/mol. The molecule has 0 heterocycles. The van der Waals surface area contributed by atoms with Gasteiger partial charge in [0.25, 0.3) is 0 Å². The summed E-state index contributed by atoms with van der Waals surface area (Å²) < 4.78 is 5.26. The number of hydrogen-bond acceptors (Lipinski definition) is 3. The molecule has 0 aliphatic heterocycles. The van der Waals surface area contributed by atoms with Crippen molar-refractivity contribution in [2.75, 3.05) is 19.8 Å². The maximum Gasteiger partial charge on any atom is 0.104 e. The van der Waals surface area contributed by atoms with Crippen molar-refractivity contribution in [1.29, 1.82) is 0 Å². The van der Waals surface area contributed by atoms with Crippen molar-refractivity contribution in [3.63, 3.8) is 0 Å². The molecule has 0 bridgehead atoms. The first kappa shape index (κ1) is 13.9. The zero-order valence-corrected chi connectivity index (χ0v) is 9.41. The highest BCUT2D eigenvalue weighted by molar-refractivity contribution is 4.53. The van der Waals surface area contributed by atoms with Gasteiger partial charge in [-0.2, -0.15) is 0 Å². The molecule has 0 radical (unpaired) electrons. The maximum atomic E-state index is 8.72. The van der Waals surface area contributed by atoms with E-state index in [-0.39, 0.29) is 13.2 Å². The Hall–Kier alpha value is -0.120. The fraction of sp³-hybridized carbons (Fsp3) is 1.00. The van der Waals surface area contributed by atoms with E-state index in [0.29, 0.717) is 6.61 Å². The van der Waals surface area contributed by atoms with E-state index in [2.05, 4.69) is 13.8 Å². The van der Waals surface area contributed by atoms with E-state index in [9.17, 15) is 0 Å². The van der Waals surface area contributed by atoms with Gasteiger partial charge >= 0.3 is 0 Å². The summed E-state index contributed by atoms with van der Waals surface area (Å²) >= 11 is 0. The largest absolute Gasteiger partial charge is 0.394 e. The Balaban J connectivity index is 3.20. The van der Waals surface area contributed by atoms with Gasteiger partial charge in [0.1, 0.15) is 6.10 Å². The summed E-state index contributed by atoms with van der Waals surface area (Å²) in [6, 6.07) is 0. The summed E-state index contributed by atoms with van der Waals surface area (Å²) in [6.45, 7) is 4.91. The van der Waals surface area contributed by atoms with Crippen LogP contribution in [0, 0.1) is 5.92 Å². The van der Waals surface area contributed by atoms with Crippen LogP contribution in [-0.2, 0) is 4.74 Å². The number of aliphatic hydroxyl groups excluding tert-OH is 2. The average Bonchev–Trinajstić information content (AvgIpc) is 2.23. The van der Waals surface area contributed by atoms with Gasteiger partial charge in [-0.25, -0.2) is 0 Å². The molecule has 0 spiro atoms. The van der Waals surface area contributed by atoms with Crippen molar-refractivity contribution >= 4 is 0 Å². The zero-order chi connectivity index (χ0) is 10.8. The SMILES string of the molecule is CCC(C)CCCCOC(CO)CO. The normalized spacial score (nSPS) is 13.5. The summed E-state index contributed by atoms with van der Waals surface area (Å²) in [5.74, 6) is 0.793. The van der Waals surface area contributed by atoms with E-state index < -0.39 is 6.10 Å². The summed E-state index contributed by atoms with van der Waals surface area (Å²) in [6.07, 6.45) is 4.26. The zero-order valence-electron chi connectivity index (χ0n) is 9.41. The molecule has 0 saturated carbocycles. The van der Waals surface area contributed by atoms with Crippen LogP contribution in [0.25, 0.3) is 0 Å². The first-order chi connectivity index (χ1) is 6.74. The van der Waals surface area contributed by atoms with Crippen molar-refractivity contribution in [3.05, 3.63) is 0 Å². The van der Waals surface area contributed by atoms with Crippen LogP contribution >= 0.6 is 0 Å². The Kier molecular flexibility index (Phi) is 9.35. The van der Waals surface area contributed by atoms with Gasteiger partial charge in [0.2, 0.25) is 0 Å². The van der Waals surface area contributed by atoms with Gasteiger partial charge in [-0.1, -0.05) is 33.1 Å². The number of rotatable bonds is 9. The number of aliphatic hydroxyl groups is 2. The molecule has 3 heteroatoms. The van der Waals surface area contributed by atoms with Crippen LogP contribution in [0.1, 0.15) is 39.5 Å². The van der Waals surface area contributed by atoms with Gasteiger partial charge < -0.3 is 14.9 Å². The Labute approximate surface area is 87.1 Å². The highest BCUT2D eigenvalue weighted by Gasteiger charge is 2.05. The smallest absolute Gasteiger partial charge is 0.104 e. The quantitative estimate of drug-likeness (QED) is 0.561. The van der Waals surface area contributed by atoms with Crippen LogP contribution in [0.15, 0.2) is 0 Å². The van der Waals surface area contributed by atoms with Crippen LogP contribution in [0.4, 0.5) is 0 Å². The molecule has 86 valence electrons. The predicted molar refractivity (Wildman–Crippen MR) is 57.2 cm³/mol. The number of ether oxygens (including phenoxy) is 1. The molecule has 3 nitrogen and oxygen atoms in total. The lowest BCUT2D eigenvalue weighted by atomic mass is 10.0. The topological polar surface area (TPSA) is 49.7 Å². The van der Waals surface area contributed by atoms with Gasteiger partial charge in [-0.05, 0) is 12.3 Å². The molecule has 0 aliphatic carbocycles. The van der Waals surface area contributed by atoms with Crippen molar-refractivity contribution in [3.8, 4) is 0 Å². The van der Waals surface area contributed by atoms with Gasteiger partial charge in [0, 0.05) is 6.61 Å². The second-order valence-electron chi connectivity index (χ2n) is 3.87. The minimum atomic E-state index is -0.390. The van der Waals surface area contributed by atoms with Crippen LogP contribution in [0.2, 0.25) is 0 Å². The molecule has 0 aromatic rings. The van der Waals surface area contributed by atoms with Crippen molar-refractivity contribution in [1.82, 2.24) is 0 Å². The van der Waals surface area contributed by atoms with E-state index in [4.69, 9.17) is 14.9 Å². The third-order valence-corrected chi connectivity index (χ3v) is 2.55. The van der Waals surface area contributed by atoms with Crippen LogP contribution in [-0.4, -0.2) is 36.1 Å². The lowest BCUT2D eigenvalue weighted by Gasteiger charge is -2.12. The molecule has 1 unspecified atom stereocenters. The maximum absolute atomic E-state index is 8.72. The highest BCUT2D eigenvalue weighted by Crippen LogP contribution is 2.11. The van der Waals surface area contributed by atoms with Gasteiger partial charge in [0.15, 0.2) is 0 Å². The van der Waals surface area contributed by atoms with Crippen LogP contribution in [0.5, 0.6) is 0 Å². The Morgan fingerprint density at radius 3 is 2.29 bits per heavy atom. The molecule has 0 rings (SSSR count). The Bertz CT molecular complexity index is 113. The van der Waals surface area contributed by atoms with E-state index >= 15 is 0 Å². The van der Waals surface area contributed by atoms with E-state index in [1.165, 1.54) is 19.3 Å². The molecule has 0 aromatic heterocycles. The molecular weight excluding hydrogens is 180 g/mol. The molecule has 0 saturated heterocycles. The Morgan fingerprint density at radius 2 is 1.79 bits per heavy atom. The first-order valence-corrected chi connectivity index (χ1v) is 5.57. The fourth-order valence-electron chi connectivity index (χ4n) is 1.21. The second-order valence-corrected chi connectivity index (χ2v) is 3.87. The van der Waals surface area contributed by atoms with Gasteiger partial charge in [0.05, 0.1) is 13.2 Å². The minimum absolute atomic E-state index is 0.0954. The standard InChI is InChI=1S/C11H24O3/c1-3-10(2)6-4-5-7-14-11(8-12)9-13/h10-13H,3-9H2,1-2H3. The van der Waals surface area contributed by atoms with Crippen molar-refractivity contribution in [2.45, 2.75) is 45.6 Å². The van der Waals surface area contributed by atoms with Gasteiger partial charge in [-0.3, -0.25) is 0 Å². The second kappa shape index (κ2) is 9.44. The highest BCUT2D eigenvalue weighted by atomic mass is 16.5. The predicted octanol–water partition coefficient (Wildman–Crippen LogP) is 1.57. The Morgan fingerprint density at radius 1 is 1.14 bits per heavy atom. The first-order valence-electron chi connectivity index (χ1n) is 5.57. The minimum Gasteiger partial charge on any atom is -0.394 e. The molecule has 0 aliphatic rings. The molecule has 2 N–H and O–H groups in total. The van der Waals surface area contributed by atoms with Crippen molar-refractivity contribution in [2.24, 2.45) is 5.92 Å². The van der Waals surface area contributed by atoms with E-state index in [0.717, 1.165) is 12.3 Å². The molecule has 0 aromatic carbocycles. The third kappa shape index (κ3) is 7.30. The molecule has 0 amide bonds. The lowest BCUT2D eigenvalue weighted by molar-refractivity contribution is -0.0210. The summed E-state index contributed by atoms with van der Waals surface area (Å²) in [4.78, 5) is 0. The molecule has 1 atom stereocenters. The van der Waals surface area contributed by atoms with E-state index in [1.54, 1.807) is 0 Å². The lowest BCUT2D eigenvalue weighted by Crippen LogP contribution is -2.22. The fourth-order valence-corrected chi connectivity index (χ4v) is 1.21. The third-order valence-electron chi connectivity index (χ3n) is 2.55. The van der Waals surface area contributed by atoms with Crippen LogP contribution < -0.4 is 0 Å². The van der Waals surface area contributed by atoms with Gasteiger partial charge in [-0.15, -0.1) is 0 Å². The summed E-state index contributed by atoms with van der Waals surface area (Å²) in [7, 11) is 0. The molecular formula is C11H24O3. The number of unbranched alkanes of at least 4 members (excludes halogenated alkanes) is 1. The number of hydrogen-bond donors (Lipinski definition) is 2. The summed E-state index contributed by atoms with van der Waals surface area (Å²) in [5.41, 5.74) is 0. The summed E-state index contributed by atoms with van der Waals surface area (Å²) in [5, 5.41) is 17.4. The van der Waals surface area contributed by atoms with Crippen LogP contribution in [0.3, 0.4) is 0 Å². The van der Waals surface area contributed by atoms with Crippen molar-refractivity contribution < 1.29 is 14.9 Å². The van der Waals surface area contributed by atoms with E-state index in [1.807, 2.05) is 0 Å². The molecule has 0 fully saturated rings. The monoisotopic (exact) mass is 204 g/mol. The molecule has 14 heavy (non-hydrogen) atoms.